The van der Waals surface area contributed by atoms with Gasteiger partial charge < -0.3 is 18.9 Å². The van der Waals surface area contributed by atoms with Crippen LogP contribution in [0.1, 0.15) is 32.8 Å². The summed E-state index contributed by atoms with van der Waals surface area (Å²) in [7, 11) is 0. The van der Waals surface area contributed by atoms with Gasteiger partial charge in [0.25, 0.3) is 0 Å². The van der Waals surface area contributed by atoms with Crippen molar-refractivity contribution in [2.45, 2.75) is 58.4 Å². The number of hydrogen-bond donors (Lipinski definition) is 0. The molecule has 1 aromatic carbocycles. The third kappa shape index (κ3) is 5.33. The van der Waals surface area contributed by atoms with E-state index in [1.165, 1.54) is 13.8 Å². The summed E-state index contributed by atoms with van der Waals surface area (Å²) in [6.07, 6.45) is -1.71. The van der Waals surface area contributed by atoms with Crippen LogP contribution in [0.2, 0.25) is 0 Å². The lowest BCUT2D eigenvalue weighted by atomic mass is 10.0. The molecule has 1 saturated heterocycles. The lowest BCUT2D eigenvalue weighted by Gasteiger charge is -2.38. The standard InChI is InChI=1S/C17H22O6/c1-11-15(20-10-14-7-5-4-6-8-14)9-16(22-12(2)18)17(21-11)23-13(3)19/h4-8,11,15-17H,9-10H2,1-3H3/t11-,15+,16-,17-/m1/s1. The maximum Gasteiger partial charge on any atom is 0.305 e. The lowest BCUT2D eigenvalue weighted by Crippen LogP contribution is -2.50. The molecule has 23 heavy (non-hydrogen) atoms. The minimum Gasteiger partial charge on any atom is -0.456 e. The van der Waals surface area contributed by atoms with Gasteiger partial charge in [-0.25, -0.2) is 0 Å². The zero-order valence-electron chi connectivity index (χ0n) is 13.6. The lowest BCUT2D eigenvalue weighted by molar-refractivity contribution is -0.265. The largest absolute Gasteiger partial charge is 0.456 e. The Labute approximate surface area is 135 Å². The molecule has 0 radical (unpaired) electrons. The monoisotopic (exact) mass is 322 g/mol. The Morgan fingerprint density at radius 1 is 1.09 bits per heavy atom. The van der Waals surface area contributed by atoms with E-state index in [-0.39, 0.29) is 12.2 Å². The molecule has 0 saturated carbocycles. The minimum absolute atomic E-state index is 0.258. The third-order valence-corrected chi connectivity index (χ3v) is 3.55. The summed E-state index contributed by atoms with van der Waals surface area (Å²) in [4.78, 5) is 22.4. The number of rotatable bonds is 5. The van der Waals surface area contributed by atoms with Crippen LogP contribution in [-0.2, 0) is 35.1 Å². The highest BCUT2D eigenvalue weighted by Crippen LogP contribution is 2.26. The topological polar surface area (TPSA) is 71.1 Å². The molecular weight excluding hydrogens is 300 g/mol. The molecule has 6 heteroatoms. The Bertz CT molecular complexity index is 529. The van der Waals surface area contributed by atoms with E-state index >= 15 is 0 Å². The predicted octanol–water partition coefficient (Wildman–Crippen LogP) is 2.20. The van der Waals surface area contributed by atoms with Crippen molar-refractivity contribution in [3.63, 3.8) is 0 Å². The first kappa shape index (κ1) is 17.4. The molecule has 0 spiro atoms. The summed E-state index contributed by atoms with van der Waals surface area (Å²) in [6, 6.07) is 9.77. The summed E-state index contributed by atoms with van der Waals surface area (Å²) in [5, 5.41) is 0. The Morgan fingerprint density at radius 2 is 1.74 bits per heavy atom. The second-order valence-electron chi connectivity index (χ2n) is 5.54. The number of esters is 2. The molecule has 126 valence electrons. The van der Waals surface area contributed by atoms with Gasteiger partial charge in [0.15, 0.2) is 6.10 Å². The van der Waals surface area contributed by atoms with Crippen LogP contribution >= 0.6 is 0 Å². The Balaban J connectivity index is 1.98. The van der Waals surface area contributed by atoms with Crippen LogP contribution in [-0.4, -0.2) is 36.5 Å². The van der Waals surface area contributed by atoms with Gasteiger partial charge in [-0.3, -0.25) is 9.59 Å². The molecule has 0 aliphatic carbocycles. The van der Waals surface area contributed by atoms with Crippen molar-refractivity contribution < 1.29 is 28.5 Å². The number of benzene rings is 1. The van der Waals surface area contributed by atoms with Gasteiger partial charge in [0.1, 0.15) is 0 Å². The average Bonchev–Trinajstić information content (AvgIpc) is 2.48. The van der Waals surface area contributed by atoms with Crippen LogP contribution in [0.4, 0.5) is 0 Å². The van der Waals surface area contributed by atoms with Crippen LogP contribution in [0.25, 0.3) is 0 Å². The highest BCUT2D eigenvalue weighted by molar-refractivity contribution is 5.67. The van der Waals surface area contributed by atoms with E-state index in [1.54, 1.807) is 0 Å². The number of hydrogen-bond acceptors (Lipinski definition) is 6. The molecule has 0 amide bonds. The Kier molecular flexibility index (Phi) is 6.12. The van der Waals surface area contributed by atoms with E-state index in [0.717, 1.165) is 5.56 Å². The van der Waals surface area contributed by atoms with Crippen LogP contribution in [0, 0.1) is 0 Å². The number of carbonyl (C=O) groups excluding carboxylic acids is 2. The molecule has 6 nitrogen and oxygen atoms in total. The van der Waals surface area contributed by atoms with Crippen LogP contribution in [0.15, 0.2) is 30.3 Å². The van der Waals surface area contributed by atoms with Gasteiger partial charge in [-0.1, -0.05) is 30.3 Å². The summed E-state index contributed by atoms with van der Waals surface area (Å²) in [5.74, 6) is -0.935. The first-order valence-electron chi connectivity index (χ1n) is 7.61. The molecule has 1 aliphatic heterocycles. The van der Waals surface area contributed by atoms with E-state index in [4.69, 9.17) is 18.9 Å². The van der Waals surface area contributed by atoms with Crippen molar-refractivity contribution in [3.05, 3.63) is 35.9 Å². The van der Waals surface area contributed by atoms with E-state index in [2.05, 4.69) is 0 Å². The molecule has 1 aromatic rings. The van der Waals surface area contributed by atoms with Gasteiger partial charge in [-0.15, -0.1) is 0 Å². The maximum absolute atomic E-state index is 11.3. The van der Waals surface area contributed by atoms with Gasteiger partial charge in [-0.2, -0.15) is 0 Å². The van der Waals surface area contributed by atoms with Crippen molar-refractivity contribution in [1.82, 2.24) is 0 Å². The summed E-state index contributed by atoms with van der Waals surface area (Å²) >= 11 is 0. The minimum atomic E-state index is -0.900. The molecule has 1 aliphatic rings. The molecule has 2 rings (SSSR count). The summed E-state index contributed by atoms with van der Waals surface area (Å²) in [5.41, 5.74) is 1.05. The van der Waals surface area contributed by atoms with Gasteiger partial charge in [0, 0.05) is 20.3 Å². The second kappa shape index (κ2) is 8.08. The van der Waals surface area contributed by atoms with Gasteiger partial charge in [0.2, 0.25) is 6.29 Å². The third-order valence-electron chi connectivity index (χ3n) is 3.55. The first-order valence-corrected chi connectivity index (χ1v) is 7.61. The molecule has 0 unspecified atom stereocenters. The summed E-state index contributed by atoms with van der Waals surface area (Å²) < 4.78 is 21.9. The van der Waals surface area contributed by atoms with Crippen molar-refractivity contribution in [3.8, 4) is 0 Å². The van der Waals surface area contributed by atoms with Gasteiger partial charge in [0.05, 0.1) is 18.8 Å². The Morgan fingerprint density at radius 3 is 2.35 bits per heavy atom. The molecule has 0 N–H and O–H groups in total. The van der Waals surface area contributed by atoms with Gasteiger partial charge in [-0.05, 0) is 12.5 Å². The van der Waals surface area contributed by atoms with Crippen molar-refractivity contribution in [2.75, 3.05) is 0 Å². The maximum atomic E-state index is 11.3. The highest BCUT2D eigenvalue weighted by atomic mass is 16.7. The highest BCUT2D eigenvalue weighted by Gasteiger charge is 2.40. The van der Waals surface area contributed by atoms with E-state index in [9.17, 15) is 9.59 Å². The van der Waals surface area contributed by atoms with Crippen LogP contribution < -0.4 is 0 Å². The SMILES string of the molecule is CC(=O)O[C@H]1O[C@H](C)[C@@H](OCc2ccccc2)C[C@H]1OC(C)=O. The fourth-order valence-corrected chi connectivity index (χ4v) is 2.48. The number of ether oxygens (including phenoxy) is 4. The molecule has 4 atom stereocenters. The predicted molar refractivity (Wildman–Crippen MR) is 81.3 cm³/mol. The molecule has 0 bridgehead atoms. The fourth-order valence-electron chi connectivity index (χ4n) is 2.48. The zero-order valence-corrected chi connectivity index (χ0v) is 13.6. The summed E-state index contributed by atoms with van der Waals surface area (Å²) in [6.45, 7) is 4.87. The average molecular weight is 322 g/mol. The molecule has 1 heterocycles. The number of carbonyl (C=O) groups is 2. The molecule has 0 aromatic heterocycles. The van der Waals surface area contributed by atoms with E-state index in [1.807, 2.05) is 37.3 Å². The van der Waals surface area contributed by atoms with Crippen molar-refractivity contribution in [2.24, 2.45) is 0 Å². The first-order chi connectivity index (χ1) is 11.0. The molecular formula is C17H22O6. The van der Waals surface area contributed by atoms with Gasteiger partial charge >= 0.3 is 11.9 Å². The van der Waals surface area contributed by atoms with Crippen molar-refractivity contribution in [1.29, 1.82) is 0 Å². The normalized spacial score (nSPS) is 27.3. The quantitative estimate of drug-likeness (QED) is 0.774. The smallest absolute Gasteiger partial charge is 0.305 e. The van der Waals surface area contributed by atoms with E-state index < -0.39 is 24.3 Å². The fraction of sp³-hybridized carbons (Fsp3) is 0.529. The zero-order chi connectivity index (χ0) is 16.8. The second-order valence-corrected chi connectivity index (χ2v) is 5.54. The van der Waals surface area contributed by atoms with Crippen LogP contribution in [0.5, 0.6) is 0 Å². The molecule has 1 fully saturated rings. The van der Waals surface area contributed by atoms with Crippen molar-refractivity contribution >= 4 is 11.9 Å². The van der Waals surface area contributed by atoms with E-state index in [0.29, 0.717) is 13.0 Å². The Hall–Kier alpha value is -1.92. The van der Waals surface area contributed by atoms with Crippen LogP contribution in [0.3, 0.4) is 0 Å².